The SMILES string of the molecule is CCCCCCC(C)Cc1cc(C)sc1-c1ccc(-c2ccc(-c3sc(-c4cc5ccc6c(ccc7cc(C)sc76)c5s4)cc3CC(C)C)s2)s1. The van der Waals surface area contributed by atoms with Gasteiger partial charge in [0.2, 0.25) is 0 Å². The van der Waals surface area contributed by atoms with Gasteiger partial charge in [-0.1, -0.05) is 84.1 Å². The fraction of sp³-hybridized carbons (Fsp3) is 0.333. The van der Waals surface area contributed by atoms with Crippen molar-refractivity contribution in [3.05, 3.63) is 93.7 Å². The smallest absolute Gasteiger partial charge is 0.0481 e. The van der Waals surface area contributed by atoms with E-state index in [1.54, 1.807) is 5.56 Å². The molecule has 0 spiro atoms. The van der Waals surface area contributed by atoms with E-state index in [0.717, 1.165) is 12.3 Å². The molecule has 0 radical (unpaired) electrons. The zero-order valence-corrected chi connectivity index (χ0v) is 35.4. The average molecular weight is 779 g/mol. The third kappa shape index (κ3) is 7.34. The van der Waals surface area contributed by atoms with Crippen molar-refractivity contribution in [2.75, 3.05) is 0 Å². The van der Waals surface area contributed by atoms with Gasteiger partial charge in [-0.25, -0.2) is 0 Å². The molecule has 8 aromatic rings. The van der Waals surface area contributed by atoms with Crippen LogP contribution in [0.4, 0.5) is 0 Å². The summed E-state index contributed by atoms with van der Waals surface area (Å²) >= 11 is 11.8. The van der Waals surface area contributed by atoms with Gasteiger partial charge < -0.3 is 0 Å². The minimum Gasteiger partial charge on any atom is -0.140 e. The molecule has 2 aromatic carbocycles. The van der Waals surface area contributed by atoms with E-state index >= 15 is 0 Å². The van der Waals surface area contributed by atoms with Crippen molar-refractivity contribution in [1.29, 1.82) is 0 Å². The van der Waals surface area contributed by atoms with Crippen molar-refractivity contribution in [3.63, 3.8) is 0 Å². The van der Waals surface area contributed by atoms with E-state index in [1.165, 1.54) is 124 Å². The van der Waals surface area contributed by atoms with E-state index in [0.29, 0.717) is 5.92 Å². The van der Waals surface area contributed by atoms with E-state index < -0.39 is 0 Å². The second-order valence-corrected chi connectivity index (χ2v) is 21.6. The number of unbranched alkanes of at least 4 members (excludes halogenated alkanes) is 3. The summed E-state index contributed by atoms with van der Waals surface area (Å²) in [5.74, 6) is 1.34. The summed E-state index contributed by atoms with van der Waals surface area (Å²) in [6.07, 6.45) is 9.05. The first-order chi connectivity index (χ1) is 24.7. The third-order valence-electron chi connectivity index (χ3n) is 9.92. The minimum absolute atomic E-state index is 0.607. The van der Waals surface area contributed by atoms with Gasteiger partial charge in [-0.05, 0) is 109 Å². The molecule has 0 saturated heterocycles. The Morgan fingerprint density at radius 3 is 1.76 bits per heavy atom. The number of benzene rings is 2. The van der Waals surface area contributed by atoms with Gasteiger partial charge >= 0.3 is 0 Å². The molecule has 262 valence electrons. The highest BCUT2D eigenvalue weighted by Crippen LogP contribution is 2.49. The van der Waals surface area contributed by atoms with Crippen LogP contribution in [0.5, 0.6) is 0 Å². The zero-order chi connectivity index (χ0) is 35.2. The van der Waals surface area contributed by atoms with Gasteiger partial charge in [0.05, 0.1) is 0 Å². The van der Waals surface area contributed by atoms with Crippen LogP contribution in [0.15, 0.2) is 72.8 Å². The molecule has 0 amide bonds. The number of aryl methyl sites for hydroxylation is 2. The average Bonchev–Trinajstić information content (AvgIpc) is 3.94. The Hall–Kier alpha value is -2.58. The van der Waals surface area contributed by atoms with Gasteiger partial charge in [0.15, 0.2) is 0 Å². The standard InChI is InChI=1S/C45H46S6/c1-7-8-9-10-11-27(4)21-33-23-29(6)47-44(33)38-18-16-36(48-38)37-17-19-39(49-37)45-32(20-26(2)3)25-41(51-45)40-24-31-13-15-34-35(43(31)50-40)14-12-30-22-28(5)46-42(30)34/h12-19,22-27H,7-11,20-21H2,1-6H3. The Morgan fingerprint density at radius 2 is 1.08 bits per heavy atom. The first-order valence-electron chi connectivity index (χ1n) is 18.5. The van der Waals surface area contributed by atoms with Gasteiger partial charge in [0, 0.05) is 68.9 Å². The summed E-state index contributed by atoms with van der Waals surface area (Å²) in [5, 5.41) is 5.49. The molecule has 6 heterocycles. The van der Waals surface area contributed by atoms with Crippen LogP contribution in [0.3, 0.4) is 0 Å². The zero-order valence-electron chi connectivity index (χ0n) is 30.5. The Morgan fingerprint density at radius 1 is 0.490 bits per heavy atom. The summed E-state index contributed by atoms with van der Waals surface area (Å²) in [5.41, 5.74) is 3.04. The lowest BCUT2D eigenvalue weighted by Crippen LogP contribution is -1.99. The minimum atomic E-state index is 0.607. The Labute approximate surface area is 327 Å². The highest BCUT2D eigenvalue weighted by molar-refractivity contribution is 7.30. The molecular weight excluding hydrogens is 733 g/mol. The molecule has 8 rings (SSSR count). The summed E-state index contributed by atoms with van der Waals surface area (Å²) in [4.78, 5) is 14.1. The molecule has 0 N–H and O–H groups in total. The van der Waals surface area contributed by atoms with Crippen molar-refractivity contribution >= 4 is 99.0 Å². The molecule has 51 heavy (non-hydrogen) atoms. The second-order valence-electron chi connectivity index (χ2n) is 14.8. The van der Waals surface area contributed by atoms with E-state index in [1.807, 2.05) is 68.0 Å². The number of hydrogen-bond donors (Lipinski definition) is 0. The number of rotatable bonds is 13. The van der Waals surface area contributed by atoms with E-state index in [4.69, 9.17) is 0 Å². The molecule has 1 unspecified atom stereocenters. The van der Waals surface area contributed by atoms with Crippen LogP contribution in [-0.2, 0) is 12.8 Å². The molecule has 6 heteroatoms. The van der Waals surface area contributed by atoms with E-state index in [-0.39, 0.29) is 0 Å². The first-order valence-corrected chi connectivity index (χ1v) is 23.4. The summed E-state index contributed by atoms with van der Waals surface area (Å²) in [6.45, 7) is 13.9. The maximum absolute atomic E-state index is 2.50. The van der Waals surface area contributed by atoms with Crippen LogP contribution < -0.4 is 0 Å². The Bertz CT molecular complexity index is 2450. The van der Waals surface area contributed by atoms with E-state index in [2.05, 4.69) is 114 Å². The van der Waals surface area contributed by atoms with Crippen LogP contribution in [0.2, 0.25) is 0 Å². The third-order valence-corrected chi connectivity index (χ3v) is 17.4. The summed E-state index contributed by atoms with van der Waals surface area (Å²) in [7, 11) is 0. The molecule has 0 fully saturated rings. The summed E-state index contributed by atoms with van der Waals surface area (Å²) in [6, 6.07) is 28.5. The number of thiophene rings is 6. The molecular formula is C45H46S6. The van der Waals surface area contributed by atoms with Crippen LogP contribution in [0.1, 0.15) is 80.7 Å². The fourth-order valence-electron chi connectivity index (χ4n) is 7.51. The van der Waals surface area contributed by atoms with Gasteiger partial charge in [-0.15, -0.1) is 68.0 Å². The first kappa shape index (κ1) is 35.4. The fourth-order valence-corrected chi connectivity index (χ4v) is 14.4. The van der Waals surface area contributed by atoms with Crippen molar-refractivity contribution in [3.8, 4) is 39.0 Å². The van der Waals surface area contributed by atoms with Gasteiger partial charge in [0.1, 0.15) is 0 Å². The lowest BCUT2D eigenvalue weighted by atomic mass is 9.95. The molecule has 0 nitrogen and oxygen atoms in total. The molecule has 0 aliphatic carbocycles. The normalized spacial score (nSPS) is 12.8. The molecule has 1 atom stereocenters. The highest BCUT2D eigenvalue weighted by Gasteiger charge is 2.20. The second kappa shape index (κ2) is 15.0. The lowest BCUT2D eigenvalue weighted by molar-refractivity contribution is 0.488. The Balaban J connectivity index is 1.08. The number of hydrogen-bond acceptors (Lipinski definition) is 6. The number of fused-ring (bicyclic) bond motifs is 5. The van der Waals surface area contributed by atoms with Crippen LogP contribution in [0.25, 0.3) is 70.0 Å². The van der Waals surface area contributed by atoms with Crippen LogP contribution in [0, 0.1) is 25.7 Å². The maximum Gasteiger partial charge on any atom is 0.0481 e. The summed E-state index contributed by atoms with van der Waals surface area (Å²) < 4.78 is 2.83. The van der Waals surface area contributed by atoms with Gasteiger partial charge in [-0.3, -0.25) is 0 Å². The molecule has 6 aromatic heterocycles. The topological polar surface area (TPSA) is 0 Å². The van der Waals surface area contributed by atoms with Gasteiger partial charge in [-0.2, -0.15) is 0 Å². The molecule has 0 aliphatic rings. The van der Waals surface area contributed by atoms with E-state index in [9.17, 15) is 0 Å². The van der Waals surface area contributed by atoms with Crippen molar-refractivity contribution in [2.24, 2.45) is 11.8 Å². The van der Waals surface area contributed by atoms with Crippen LogP contribution in [-0.4, -0.2) is 0 Å². The maximum atomic E-state index is 2.50. The molecule has 0 saturated carbocycles. The van der Waals surface area contributed by atoms with Crippen molar-refractivity contribution in [2.45, 2.75) is 86.5 Å². The monoisotopic (exact) mass is 778 g/mol. The molecule has 0 aliphatic heterocycles. The predicted octanol–water partition coefficient (Wildman–Crippen LogP) is 17.1. The van der Waals surface area contributed by atoms with Crippen molar-refractivity contribution in [1.82, 2.24) is 0 Å². The Kier molecular flexibility index (Phi) is 10.5. The largest absolute Gasteiger partial charge is 0.140 e. The van der Waals surface area contributed by atoms with Crippen molar-refractivity contribution < 1.29 is 0 Å². The van der Waals surface area contributed by atoms with Gasteiger partial charge in [0.25, 0.3) is 0 Å². The quantitative estimate of drug-likeness (QED) is 0.102. The lowest BCUT2D eigenvalue weighted by Gasteiger charge is -2.11. The van der Waals surface area contributed by atoms with Crippen LogP contribution >= 0.6 is 68.0 Å². The highest BCUT2D eigenvalue weighted by atomic mass is 32.1. The predicted molar refractivity (Wildman–Crippen MR) is 238 cm³/mol. The molecule has 0 bridgehead atoms.